The largest absolute Gasteiger partial charge is 0.382 e. The van der Waals surface area contributed by atoms with E-state index in [0.29, 0.717) is 36.4 Å². The minimum atomic E-state index is 0.575. The predicted octanol–water partition coefficient (Wildman–Crippen LogP) is 3.83. The van der Waals surface area contributed by atoms with Crippen LogP contribution in [0.3, 0.4) is 0 Å². The number of rotatable bonds is 7. The summed E-state index contributed by atoms with van der Waals surface area (Å²) in [5.41, 5.74) is 0.729. The van der Waals surface area contributed by atoms with Crippen molar-refractivity contribution >= 4 is 44.8 Å². The van der Waals surface area contributed by atoms with Crippen molar-refractivity contribution in [2.75, 3.05) is 38.8 Å². The van der Waals surface area contributed by atoms with E-state index < -0.39 is 0 Å². The van der Waals surface area contributed by atoms with Crippen molar-refractivity contribution in [3.05, 3.63) is 26.7 Å². The van der Waals surface area contributed by atoms with Crippen LogP contribution < -0.4 is 5.32 Å². The molecule has 0 saturated carbocycles. The molecule has 1 N–H and O–H groups in total. The van der Waals surface area contributed by atoms with Crippen LogP contribution in [0.15, 0.2) is 16.6 Å². The second kappa shape index (κ2) is 8.16. The van der Waals surface area contributed by atoms with E-state index >= 15 is 0 Å². The lowest BCUT2D eigenvalue weighted by Crippen LogP contribution is -2.12. The van der Waals surface area contributed by atoms with Gasteiger partial charge in [-0.1, -0.05) is 39.1 Å². The zero-order valence-corrected chi connectivity index (χ0v) is 12.5. The van der Waals surface area contributed by atoms with E-state index in [1.165, 1.54) is 0 Å². The van der Waals surface area contributed by atoms with Crippen LogP contribution in [0.1, 0.15) is 0 Å². The van der Waals surface area contributed by atoms with Crippen LogP contribution in [0.4, 0.5) is 5.69 Å². The summed E-state index contributed by atoms with van der Waals surface area (Å²) in [4.78, 5) is 0. The van der Waals surface area contributed by atoms with Gasteiger partial charge in [-0.25, -0.2) is 0 Å². The third-order valence-corrected chi connectivity index (χ3v) is 3.04. The van der Waals surface area contributed by atoms with E-state index in [1.54, 1.807) is 19.2 Å². The molecule has 0 unspecified atom stereocenters. The Labute approximate surface area is 120 Å². The van der Waals surface area contributed by atoms with E-state index in [4.69, 9.17) is 32.7 Å². The van der Waals surface area contributed by atoms with Crippen LogP contribution in [-0.4, -0.2) is 33.5 Å². The summed E-state index contributed by atoms with van der Waals surface area (Å²) in [6, 6.07) is 3.59. The maximum absolute atomic E-state index is 6.06. The van der Waals surface area contributed by atoms with Crippen molar-refractivity contribution in [3.63, 3.8) is 0 Å². The maximum atomic E-state index is 6.06. The fraction of sp³-hybridized carbons (Fsp3) is 0.455. The summed E-state index contributed by atoms with van der Waals surface area (Å²) in [7, 11) is 1.64. The van der Waals surface area contributed by atoms with Crippen LogP contribution in [0, 0.1) is 0 Å². The van der Waals surface area contributed by atoms with Gasteiger partial charge < -0.3 is 14.8 Å². The lowest BCUT2D eigenvalue weighted by Gasteiger charge is -2.11. The summed E-state index contributed by atoms with van der Waals surface area (Å²) in [6.45, 7) is 2.40. The van der Waals surface area contributed by atoms with E-state index in [2.05, 4.69) is 21.2 Å². The van der Waals surface area contributed by atoms with Crippen LogP contribution in [0.2, 0.25) is 10.0 Å². The summed E-state index contributed by atoms with van der Waals surface area (Å²) in [5.74, 6) is 0. The van der Waals surface area contributed by atoms with Gasteiger partial charge in [-0.3, -0.25) is 0 Å². The standard InChI is InChI=1S/C11H14BrCl2NO2/c1-16-4-5-17-3-2-15-11-9(13)6-8(12)7-10(11)14/h6-7,15H,2-5H2,1H3. The summed E-state index contributed by atoms with van der Waals surface area (Å²) >= 11 is 15.4. The number of hydrogen-bond acceptors (Lipinski definition) is 3. The molecule has 0 atom stereocenters. The molecule has 0 aromatic heterocycles. The van der Waals surface area contributed by atoms with Crippen LogP contribution in [-0.2, 0) is 9.47 Å². The smallest absolute Gasteiger partial charge is 0.0720 e. The van der Waals surface area contributed by atoms with Crippen molar-refractivity contribution in [3.8, 4) is 0 Å². The molecule has 1 rings (SSSR count). The molecule has 0 aliphatic carbocycles. The Bertz CT molecular complexity index is 340. The van der Waals surface area contributed by atoms with Gasteiger partial charge in [0.25, 0.3) is 0 Å². The molecule has 17 heavy (non-hydrogen) atoms. The molecule has 0 heterocycles. The van der Waals surface area contributed by atoms with Gasteiger partial charge in [0.15, 0.2) is 0 Å². The van der Waals surface area contributed by atoms with Gasteiger partial charge in [0.2, 0.25) is 0 Å². The number of methoxy groups -OCH3 is 1. The Balaban J connectivity index is 2.36. The monoisotopic (exact) mass is 341 g/mol. The minimum absolute atomic E-state index is 0.575. The summed E-state index contributed by atoms with van der Waals surface area (Å²) in [5, 5.41) is 4.30. The first-order valence-electron chi connectivity index (χ1n) is 5.10. The molecule has 0 spiro atoms. The number of nitrogens with one attached hydrogen (secondary N) is 1. The van der Waals surface area contributed by atoms with Crippen molar-refractivity contribution in [2.24, 2.45) is 0 Å². The Morgan fingerprint density at radius 2 is 1.82 bits per heavy atom. The molecule has 0 aliphatic rings. The van der Waals surface area contributed by atoms with Crippen LogP contribution >= 0.6 is 39.1 Å². The number of anilines is 1. The zero-order chi connectivity index (χ0) is 12.7. The third-order valence-electron chi connectivity index (χ3n) is 1.99. The first-order chi connectivity index (χ1) is 8.15. The highest BCUT2D eigenvalue weighted by Crippen LogP contribution is 2.33. The molecular weight excluding hydrogens is 329 g/mol. The number of halogens is 3. The van der Waals surface area contributed by atoms with Gasteiger partial charge in [0.05, 0.1) is 35.6 Å². The molecule has 96 valence electrons. The number of ether oxygens (including phenoxy) is 2. The van der Waals surface area contributed by atoms with Crippen LogP contribution in [0.5, 0.6) is 0 Å². The molecular formula is C11H14BrCl2NO2. The normalized spacial score (nSPS) is 10.6. The fourth-order valence-electron chi connectivity index (χ4n) is 1.20. The van der Waals surface area contributed by atoms with E-state index in [-0.39, 0.29) is 0 Å². The Kier molecular flexibility index (Phi) is 7.23. The molecule has 0 amide bonds. The Morgan fingerprint density at radius 1 is 1.18 bits per heavy atom. The van der Waals surface area contributed by atoms with Gasteiger partial charge in [0.1, 0.15) is 0 Å². The third kappa shape index (κ3) is 5.44. The van der Waals surface area contributed by atoms with E-state index in [1.807, 2.05) is 0 Å². The quantitative estimate of drug-likeness (QED) is 0.764. The Hall–Kier alpha value is -0.0000000000000000555. The maximum Gasteiger partial charge on any atom is 0.0720 e. The van der Waals surface area contributed by atoms with Crippen molar-refractivity contribution in [2.45, 2.75) is 0 Å². The fourth-order valence-corrected chi connectivity index (χ4v) is 2.55. The molecule has 0 saturated heterocycles. The predicted molar refractivity (Wildman–Crippen MR) is 75.3 cm³/mol. The van der Waals surface area contributed by atoms with Crippen molar-refractivity contribution < 1.29 is 9.47 Å². The van der Waals surface area contributed by atoms with Gasteiger partial charge in [-0.05, 0) is 12.1 Å². The first-order valence-corrected chi connectivity index (χ1v) is 6.65. The molecule has 6 heteroatoms. The minimum Gasteiger partial charge on any atom is -0.382 e. The summed E-state index contributed by atoms with van der Waals surface area (Å²) < 4.78 is 11.0. The summed E-state index contributed by atoms with van der Waals surface area (Å²) in [6.07, 6.45) is 0. The molecule has 0 radical (unpaired) electrons. The number of hydrogen-bond donors (Lipinski definition) is 1. The zero-order valence-electron chi connectivity index (χ0n) is 9.43. The lowest BCUT2D eigenvalue weighted by atomic mass is 10.3. The molecule has 1 aromatic rings. The second-order valence-corrected chi connectivity index (χ2v) is 5.01. The molecule has 0 fully saturated rings. The average molecular weight is 343 g/mol. The Morgan fingerprint density at radius 3 is 2.41 bits per heavy atom. The van der Waals surface area contributed by atoms with Crippen LogP contribution in [0.25, 0.3) is 0 Å². The topological polar surface area (TPSA) is 30.5 Å². The lowest BCUT2D eigenvalue weighted by molar-refractivity contribution is 0.0759. The molecule has 3 nitrogen and oxygen atoms in total. The van der Waals surface area contributed by atoms with Gasteiger partial charge in [-0.15, -0.1) is 0 Å². The molecule has 0 bridgehead atoms. The van der Waals surface area contributed by atoms with Crippen molar-refractivity contribution in [1.29, 1.82) is 0 Å². The SMILES string of the molecule is COCCOCCNc1c(Cl)cc(Br)cc1Cl. The second-order valence-electron chi connectivity index (χ2n) is 3.28. The van der Waals surface area contributed by atoms with Gasteiger partial charge >= 0.3 is 0 Å². The molecule has 1 aromatic carbocycles. The van der Waals surface area contributed by atoms with Crippen molar-refractivity contribution in [1.82, 2.24) is 0 Å². The van der Waals surface area contributed by atoms with Gasteiger partial charge in [-0.2, -0.15) is 0 Å². The number of benzene rings is 1. The van der Waals surface area contributed by atoms with Gasteiger partial charge in [0, 0.05) is 18.1 Å². The van der Waals surface area contributed by atoms with E-state index in [9.17, 15) is 0 Å². The highest BCUT2D eigenvalue weighted by molar-refractivity contribution is 9.10. The highest BCUT2D eigenvalue weighted by Gasteiger charge is 2.06. The van der Waals surface area contributed by atoms with E-state index in [0.717, 1.165) is 10.2 Å². The molecule has 0 aliphatic heterocycles. The highest BCUT2D eigenvalue weighted by atomic mass is 79.9. The average Bonchev–Trinajstić information content (AvgIpc) is 2.26. The first kappa shape index (κ1) is 15.1.